The highest BCUT2D eigenvalue weighted by Gasteiger charge is 2.08. The molecule has 4 aromatic rings. The summed E-state index contributed by atoms with van der Waals surface area (Å²) in [6.07, 6.45) is 3.32. The number of hydrogen-bond acceptors (Lipinski definition) is 5. The fourth-order valence-corrected chi connectivity index (χ4v) is 4.11. The van der Waals surface area contributed by atoms with E-state index in [1.165, 1.54) is 12.1 Å². The summed E-state index contributed by atoms with van der Waals surface area (Å²) in [4.78, 5) is 4.52. The molecule has 0 amide bonds. The zero-order valence-electron chi connectivity index (χ0n) is 19.4. The number of fused-ring (bicyclic) bond motifs is 1. The fourth-order valence-electron chi connectivity index (χ4n) is 3.88. The molecule has 0 aliphatic rings. The second-order valence-corrected chi connectivity index (χ2v) is 8.45. The van der Waals surface area contributed by atoms with E-state index in [1.54, 1.807) is 25.4 Å². The van der Waals surface area contributed by atoms with Crippen molar-refractivity contribution in [2.24, 2.45) is 0 Å². The van der Waals surface area contributed by atoms with Crippen LogP contribution in [0.15, 0.2) is 66.9 Å². The van der Waals surface area contributed by atoms with E-state index in [2.05, 4.69) is 27.8 Å². The van der Waals surface area contributed by atoms with Gasteiger partial charge in [0.25, 0.3) is 0 Å². The third kappa shape index (κ3) is 6.75. The van der Waals surface area contributed by atoms with Gasteiger partial charge in [0.15, 0.2) is 11.5 Å². The molecule has 0 aliphatic carbocycles. The normalized spacial score (nSPS) is 10.7. The van der Waals surface area contributed by atoms with Gasteiger partial charge in [-0.1, -0.05) is 41.9 Å². The standard InChI is InChI=1S/C27H27ClFN3O2.ClH/c1-34-26-5-2-4-20(27(26)33)17-30-11-3-12-31-24-10-13-32-25-15-18(6-9-22(24)25)14-19-7-8-21(29)16-23(19)28;/h2,4-10,13,15-16,30,33H,3,11-12,14,17H2,1H3,(H,31,32);1H. The summed E-state index contributed by atoms with van der Waals surface area (Å²) in [6.45, 7) is 2.17. The number of aromatic nitrogens is 1. The number of aromatic hydroxyl groups is 1. The van der Waals surface area contributed by atoms with Gasteiger partial charge < -0.3 is 20.5 Å². The second-order valence-electron chi connectivity index (χ2n) is 8.05. The van der Waals surface area contributed by atoms with Crippen molar-refractivity contribution in [1.29, 1.82) is 0 Å². The Morgan fingerprint density at radius 2 is 1.89 bits per heavy atom. The Morgan fingerprint density at radius 3 is 2.69 bits per heavy atom. The number of halogens is 3. The first-order valence-corrected chi connectivity index (χ1v) is 11.5. The van der Waals surface area contributed by atoms with Crippen LogP contribution in [-0.2, 0) is 13.0 Å². The van der Waals surface area contributed by atoms with Crippen LogP contribution in [0.25, 0.3) is 10.9 Å². The topological polar surface area (TPSA) is 66.4 Å². The number of nitrogens with zero attached hydrogens (tertiary/aromatic N) is 1. The fraction of sp³-hybridized carbons (Fsp3) is 0.222. The van der Waals surface area contributed by atoms with E-state index in [0.29, 0.717) is 23.7 Å². The molecule has 1 heterocycles. The third-order valence-electron chi connectivity index (χ3n) is 5.68. The van der Waals surface area contributed by atoms with E-state index in [4.69, 9.17) is 16.3 Å². The molecule has 3 N–H and O–H groups in total. The molecule has 0 unspecified atom stereocenters. The molecule has 0 bridgehead atoms. The van der Waals surface area contributed by atoms with E-state index in [-0.39, 0.29) is 24.0 Å². The minimum absolute atomic E-state index is 0. The van der Waals surface area contributed by atoms with Crippen LogP contribution in [0.5, 0.6) is 11.5 Å². The number of hydrogen-bond donors (Lipinski definition) is 3. The molecule has 0 fully saturated rings. The summed E-state index contributed by atoms with van der Waals surface area (Å²) < 4.78 is 18.5. The van der Waals surface area contributed by atoms with Crippen LogP contribution in [0, 0.1) is 5.82 Å². The lowest BCUT2D eigenvalue weighted by Gasteiger charge is -2.12. The van der Waals surface area contributed by atoms with Crippen molar-refractivity contribution in [2.45, 2.75) is 19.4 Å². The van der Waals surface area contributed by atoms with Gasteiger partial charge in [-0.2, -0.15) is 0 Å². The van der Waals surface area contributed by atoms with Crippen LogP contribution in [-0.4, -0.2) is 30.3 Å². The van der Waals surface area contributed by atoms with E-state index < -0.39 is 0 Å². The Kier molecular flexibility index (Phi) is 9.55. The molecule has 5 nitrogen and oxygen atoms in total. The summed E-state index contributed by atoms with van der Waals surface area (Å²) in [6, 6.07) is 18.1. The Bertz CT molecular complexity index is 1290. The first-order valence-electron chi connectivity index (χ1n) is 11.2. The van der Waals surface area contributed by atoms with Crippen LogP contribution in [0.3, 0.4) is 0 Å². The molecule has 3 aromatic carbocycles. The number of anilines is 1. The van der Waals surface area contributed by atoms with Gasteiger partial charge in [0, 0.05) is 40.9 Å². The number of nitrogens with one attached hydrogen (secondary N) is 2. The van der Waals surface area contributed by atoms with E-state index in [9.17, 15) is 9.50 Å². The van der Waals surface area contributed by atoms with E-state index in [1.807, 2.05) is 24.3 Å². The molecule has 0 spiro atoms. The highest BCUT2D eigenvalue weighted by molar-refractivity contribution is 6.31. The zero-order chi connectivity index (χ0) is 23.9. The van der Waals surface area contributed by atoms with E-state index >= 15 is 0 Å². The van der Waals surface area contributed by atoms with Crippen LogP contribution in [0.4, 0.5) is 10.1 Å². The molecular weight excluding hydrogens is 488 g/mol. The molecule has 0 radical (unpaired) electrons. The van der Waals surface area contributed by atoms with Gasteiger partial charge in [-0.05, 0) is 60.8 Å². The summed E-state index contributed by atoms with van der Waals surface area (Å²) in [7, 11) is 1.54. The van der Waals surface area contributed by atoms with Gasteiger partial charge in [0.2, 0.25) is 0 Å². The molecule has 0 atom stereocenters. The van der Waals surface area contributed by atoms with Crippen molar-refractivity contribution < 1.29 is 14.2 Å². The molecule has 8 heteroatoms. The summed E-state index contributed by atoms with van der Waals surface area (Å²) in [5, 5.41) is 18.5. The predicted molar refractivity (Wildman–Crippen MR) is 143 cm³/mol. The maximum atomic E-state index is 13.3. The summed E-state index contributed by atoms with van der Waals surface area (Å²) in [5.74, 6) is 0.327. The highest BCUT2D eigenvalue weighted by Crippen LogP contribution is 2.29. The van der Waals surface area contributed by atoms with Gasteiger partial charge >= 0.3 is 0 Å². The van der Waals surface area contributed by atoms with E-state index in [0.717, 1.165) is 52.8 Å². The first kappa shape index (κ1) is 26.5. The first-order chi connectivity index (χ1) is 16.5. The zero-order valence-corrected chi connectivity index (χ0v) is 20.9. The monoisotopic (exact) mass is 515 g/mol. The van der Waals surface area contributed by atoms with Gasteiger partial charge in [0.1, 0.15) is 5.82 Å². The lowest BCUT2D eigenvalue weighted by molar-refractivity contribution is 0.369. The number of pyridine rings is 1. The Hall–Kier alpha value is -3.06. The number of methoxy groups -OCH3 is 1. The van der Waals surface area contributed by atoms with Gasteiger partial charge in [-0.3, -0.25) is 4.98 Å². The number of benzene rings is 3. The molecular formula is C27H28Cl2FN3O2. The molecule has 0 saturated heterocycles. The SMILES string of the molecule is COc1cccc(CNCCCNc2ccnc3cc(Cc4ccc(F)cc4Cl)ccc23)c1O.Cl. The van der Waals surface area contributed by atoms with Crippen molar-refractivity contribution in [1.82, 2.24) is 10.3 Å². The lowest BCUT2D eigenvalue weighted by Crippen LogP contribution is -2.17. The van der Waals surface area contributed by atoms with Crippen molar-refractivity contribution in [3.05, 3.63) is 94.4 Å². The highest BCUT2D eigenvalue weighted by atomic mass is 35.5. The number of ether oxygens (including phenoxy) is 1. The second kappa shape index (κ2) is 12.6. The number of phenols is 1. The quantitative estimate of drug-likeness (QED) is 0.215. The third-order valence-corrected chi connectivity index (χ3v) is 6.03. The lowest BCUT2D eigenvalue weighted by atomic mass is 10.0. The minimum atomic E-state index is -0.335. The average molecular weight is 516 g/mol. The van der Waals surface area contributed by atoms with Crippen molar-refractivity contribution in [3.63, 3.8) is 0 Å². The maximum absolute atomic E-state index is 13.3. The maximum Gasteiger partial charge on any atom is 0.162 e. The summed E-state index contributed by atoms with van der Waals surface area (Å²) >= 11 is 6.18. The number of para-hydroxylation sites is 1. The molecule has 0 saturated carbocycles. The molecule has 1 aromatic heterocycles. The minimum Gasteiger partial charge on any atom is -0.504 e. The summed E-state index contributed by atoms with van der Waals surface area (Å²) in [5.41, 5.74) is 4.68. The van der Waals surface area contributed by atoms with Gasteiger partial charge in [-0.15, -0.1) is 12.4 Å². The average Bonchev–Trinajstić information content (AvgIpc) is 2.84. The van der Waals surface area contributed by atoms with Crippen LogP contribution < -0.4 is 15.4 Å². The van der Waals surface area contributed by atoms with Crippen LogP contribution >= 0.6 is 24.0 Å². The van der Waals surface area contributed by atoms with Crippen LogP contribution in [0.2, 0.25) is 5.02 Å². The Morgan fingerprint density at radius 1 is 1.03 bits per heavy atom. The number of phenolic OH excluding ortho intramolecular Hbond substituents is 1. The Balaban J connectivity index is 0.00000342. The predicted octanol–water partition coefficient (Wildman–Crippen LogP) is 6.35. The van der Waals surface area contributed by atoms with Crippen LogP contribution in [0.1, 0.15) is 23.1 Å². The largest absolute Gasteiger partial charge is 0.504 e. The van der Waals surface area contributed by atoms with Crippen molar-refractivity contribution in [3.8, 4) is 11.5 Å². The molecule has 184 valence electrons. The Labute approximate surface area is 215 Å². The van der Waals surface area contributed by atoms with Gasteiger partial charge in [0.05, 0.1) is 12.6 Å². The smallest absolute Gasteiger partial charge is 0.162 e. The van der Waals surface area contributed by atoms with Crippen molar-refractivity contribution in [2.75, 3.05) is 25.5 Å². The van der Waals surface area contributed by atoms with Crippen molar-refractivity contribution >= 4 is 40.6 Å². The molecule has 35 heavy (non-hydrogen) atoms. The number of rotatable bonds is 10. The molecule has 0 aliphatic heterocycles. The van der Waals surface area contributed by atoms with Gasteiger partial charge in [-0.25, -0.2) is 4.39 Å². The molecule has 4 rings (SSSR count).